The van der Waals surface area contributed by atoms with Gasteiger partial charge in [-0.1, -0.05) is 19.8 Å². The molecule has 0 radical (unpaired) electrons. The molecule has 1 aliphatic rings. The van der Waals surface area contributed by atoms with Crippen LogP contribution in [0.15, 0.2) is 4.99 Å². The van der Waals surface area contributed by atoms with Crippen molar-refractivity contribution in [2.45, 2.75) is 39.0 Å². The van der Waals surface area contributed by atoms with E-state index in [4.69, 9.17) is 4.74 Å². The van der Waals surface area contributed by atoms with Gasteiger partial charge in [0.25, 0.3) is 0 Å². The van der Waals surface area contributed by atoms with Crippen molar-refractivity contribution in [1.29, 1.82) is 0 Å². The van der Waals surface area contributed by atoms with Crippen molar-refractivity contribution < 1.29 is 13.2 Å². The average Bonchev–Trinajstić information content (AvgIpc) is 2.98. The Kier molecular flexibility index (Phi) is 8.17. The molecule has 0 heterocycles. The number of aliphatic imine (C=N–C) groups is 1. The molecule has 0 spiro atoms. The van der Waals surface area contributed by atoms with E-state index < -0.39 is 9.84 Å². The molecule has 1 saturated carbocycles. The lowest BCUT2D eigenvalue weighted by Gasteiger charge is -2.29. The molecule has 1 fully saturated rings. The van der Waals surface area contributed by atoms with E-state index in [-0.39, 0.29) is 16.9 Å². The Labute approximate surface area is 135 Å². The van der Waals surface area contributed by atoms with Gasteiger partial charge in [-0.3, -0.25) is 4.99 Å². The number of methoxy groups -OCH3 is 1. The highest BCUT2D eigenvalue weighted by molar-refractivity contribution is 7.91. The van der Waals surface area contributed by atoms with Gasteiger partial charge in [0.2, 0.25) is 0 Å². The monoisotopic (exact) mass is 333 g/mol. The van der Waals surface area contributed by atoms with Crippen molar-refractivity contribution in [3.63, 3.8) is 0 Å². The molecular weight excluding hydrogens is 302 g/mol. The summed E-state index contributed by atoms with van der Waals surface area (Å²) in [5.41, 5.74) is 0.281. The maximum absolute atomic E-state index is 11.5. The van der Waals surface area contributed by atoms with Crippen molar-refractivity contribution in [3.05, 3.63) is 0 Å². The minimum Gasteiger partial charge on any atom is -0.385 e. The van der Waals surface area contributed by atoms with Crippen LogP contribution in [0.5, 0.6) is 0 Å². The van der Waals surface area contributed by atoms with Crippen LogP contribution < -0.4 is 10.6 Å². The molecule has 22 heavy (non-hydrogen) atoms. The fourth-order valence-electron chi connectivity index (χ4n) is 2.92. The molecule has 0 atom stereocenters. The van der Waals surface area contributed by atoms with Crippen LogP contribution >= 0.6 is 0 Å². The van der Waals surface area contributed by atoms with Gasteiger partial charge in [0.15, 0.2) is 15.8 Å². The zero-order valence-electron chi connectivity index (χ0n) is 14.2. The Morgan fingerprint density at radius 2 is 1.95 bits per heavy atom. The Morgan fingerprint density at radius 3 is 2.50 bits per heavy atom. The largest absolute Gasteiger partial charge is 0.385 e. The fraction of sp³-hybridized carbons (Fsp3) is 0.933. The van der Waals surface area contributed by atoms with Gasteiger partial charge in [-0.25, -0.2) is 8.42 Å². The van der Waals surface area contributed by atoms with Crippen LogP contribution in [0.4, 0.5) is 0 Å². The predicted octanol–water partition coefficient (Wildman–Crippen LogP) is 1.18. The van der Waals surface area contributed by atoms with Crippen LogP contribution in [-0.2, 0) is 14.6 Å². The first-order valence-corrected chi connectivity index (χ1v) is 9.93. The zero-order chi connectivity index (χ0) is 16.5. The van der Waals surface area contributed by atoms with E-state index in [1.807, 2.05) is 0 Å². The normalized spacial score (nSPS) is 18.4. The molecule has 0 saturated heterocycles. The van der Waals surface area contributed by atoms with Gasteiger partial charge < -0.3 is 15.4 Å². The third kappa shape index (κ3) is 6.52. The van der Waals surface area contributed by atoms with Crippen molar-refractivity contribution in [2.75, 3.05) is 45.4 Å². The topological polar surface area (TPSA) is 79.8 Å². The lowest BCUT2D eigenvalue weighted by Crippen LogP contribution is -2.44. The summed E-state index contributed by atoms with van der Waals surface area (Å²) in [7, 11) is 0.509. The Balaban J connectivity index is 2.42. The van der Waals surface area contributed by atoms with E-state index in [0.717, 1.165) is 19.6 Å². The third-order valence-electron chi connectivity index (χ3n) is 4.50. The summed E-state index contributed by atoms with van der Waals surface area (Å²) in [5, 5.41) is 6.44. The molecule has 0 aromatic heterocycles. The van der Waals surface area contributed by atoms with E-state index in [9.17, 15) is 8.42 Å². The molecule has 1 rings (SSSR count). The standard InChI is InChI=1S/C15H31N3O3S/c1-4-22(19,20)12-10-17-14(16-2)18-13-15(9-11-21-3)7-5-6-8-15/h4-13H2,1-3H3,(H2,16,17,18). The minimum absolute atomic E-state index is 0.138. The second-order valence-corrected chi connectivity index (χ2v) is 8.51. The smallest absolute Gasteiger partial charge is 0.191 e. The first-order valence-electron chi connectivity index (χ1n) is 8.11. The number of ether oxygens (including phenoxy) is 1. The molecule has 2 N–H and O–H groups in total. The Hall–Kier alpha value is -0.820. The average molecular weight is 333 g/mol. The number of hydrogen-bond donors (Lipinski definition) is 2. The summed E-state index contributed by atoms with van der Waals surface area (Å²) in [4.78, 5) is 4.17. The van der Waals surface area contributed by atoms with Crippen LogP contribution in [0.25, 0.3) is 0 Å². The summed E-state index contributed by atoms with van der Waals surface area (Å²) in [6.07, 6.45) is 6.02. The molecular formula is C15H31N3O3S. The second-order valence-electron chi connectivity index (χ2n) is 6.04. The van der Waals surface area contributed by atoms with E-state index in [0.29, 0.717) is 12.5 Å². The summed E-state index contributed by atoms with van der Waals surface area (Å²) in [6.45, 7) is 3.70. The molecule has 0 aliphatic heterocycles. The highest BCUT2D eigenvalue weighted by atomic mass is 32.2. The first-order chi connectivity index (χ1) is 10.5. The summed E-state index contributed by atoms with van der Waals surface area (Å²) < 4.78 is 28.2. The van der Waals surface area contributed by atoms with Crippen LogP contribution in [0, 0.1) is 5.41 Å². The summed E-state index contributed by atoms with van der Waals surface area (Å²) >= 11 is 0. The van der Waals surface area contributed by atoms with Crippen molar-refractivity contribution >= 4 is 15.8 Å². The van der Waals surface area contributed by atoms with Gasteiger partial charge in [-0.2, -0.15) is 0 Å². The van der Waals surface area contributed by atoms with Crippen LogP contribution in [-0.4, -0.2) is 59.7 Å². The van der Waals surface area contributed by atoms with E-state index in [2.05, 4.69) is 15.6 Å². The van der Waals surface area contributed by atoms with E-state index >= 15 is 0 Å². The van der Waals surface area contributed by atoms with Gasteiger partial charge in [-0.15, -0.1) is 0 Å². The number of nitrogens with one attached hydrogen (secondary N) is 2. The summed E-state index contributed by atoms with van der Waals surface area (Å²) in [5.74, 6) is 0.995. The van der Waals surface area contributed by atoms with Crippen LogP contribution in [0.3, 0.4) is 0 Å². The number of nitrogens with zero attached hydrogens (tertiary/aromatic N) is 1. The Morgan fingerprint density at radius 1 is 1.27 bits per heavy atom. The molecule has 130 valence electrons. The third-order valence-corrected chi connectivity index (χ3v) is 6.21. The van der Waals surface area contributed by atoms with Crippen LogP contribution in [0.2, 0.25) is 0 Å². The number of hydrogen-bond acceptors (Lipinski definition) is 4. The SMILES string of the molecule is CCS(=O)(=O)CCNC(=NC)NCC1(CCOC)CCCC1. The highest BCUT2D eigenvalue weighted by Crippen LogP contribution is 2.40. The van der Waals surface area contributed by atoms with Gasteiger partial charge in [0, 0.05) is 39.6 Å². The van der Waals surface area contributed by atoms with Gasteiger partial charge in [-0.05, 0) is 24.7 Å². The minimum atomic E-state index is -2.94. The molecule has 0 aromatic rings. The molecule has 6 nitrogen and oxygen atoms in total. The van der Waals surface area contributed by atoms with Gasteiger partial charge in [0.05, 0.1) is 5.75 Å². The zero-order valence-corrected chi connectivity index (χ0v) is 15.0. The molecule has 0 unspecified atom stereocenters. The van der Waals surface area contributed by atoms with Crippen molar-refractivity contribution in [3.8, 4) is 0 Å². The molecule has 0 aromatic carbocycles. The number of sulfone groups is 1. The second kappa shape index (κ2) is 9.35. The lowest BCUT2D eigenvalue weighted by molar-refractivity contribution is 0.138. The van der Waals surface area contributed by atoms with Crippen LogP contribution in [0.1, 0.15) is 39.0 Å². The van der Waals surface area contributed by atoms with E-state index in [1.165, 1.54) is 25.7 Å². The lowest BCUT2D eigenvalue weighted by atomic mass is 9.83. The molecule has 0 bridgehead atoms. The first kappa shape index (κ1) is 19.2. The fourth-order valence-corrected chi connectivity index (χ4v) is 3.62. The molecule has 0 amide bonds. The van der Waals surface area contributed by atoms with E-state index in [1.54, 1.807) is 21.1 Å². The van der Waals surface area contributed by atoms with Crippen molar-refractivity contribution in [1.82, 2.24) is 10.6 Å². The number of rotatable bonds is 9. The molecule has 7 heteroatoms. The highest BCUT2D eigenvalue weighted by Gasteiger charge is 2.33. The molecule has 1 aliphatic carbocycles. The Bertz CT molecular complexity index is 443. The number of guanidine groups is 1. The summed E-state index contributed by atoms with van der Waals surface area (Å²) in [6, 6.07) is 0. The predicted molar refractivity (Wildman–Crippen MR) is 91.1 cm³/mol. The maximum Gasteiger partial charge on any atom is 0.191 e. The maximum atomic E-state index is 11.5. The van der Waals surface area contributed by atoms with Crippen molar-refractivity contribution in [2.24, 2.45) is 10.4 Å². The van der Waals surface area contributed by atoms with Gasteiger partial charge in [0.1, 0.15) is 0 Å². The quantitative estimate of drug-likeness (QED) is 0.489. The van der Waals surface area contributed by atoms with Gasteiger partial charge >= 0.3 is 0 Å².